The Morgan fingerprint density at radius 3 is 2.65 bits per heavy atom. The minimum Gasteiger partial charge on any atom is -0.418 e. The van der Waals surface area contributed by atoms with E-state index in [1.54, 1.807) is 24.3 Å². The highest BCUT2D eigenvalue weighted by molar-refractivity contribution is 8.32. The molecule has 1 unspecified atom stereocenters. The fraction of sp³-hybridized carbons (Fsp3) is 0.333. The summed E-state index contributed by atoms with van der Waals surface area (Å²) < 4.78 is 27.9. The number of hydrogen-bond acceptors (Lipinski definition) is 6. The van der Waals surface area contributed by atoms with Crippen LogP contribution in [0.5, 0.6) is 5.75 Å². The smallest absolute Gasteiger partial charge is 0.379 e. The molecule has 0 bridgehead atoms. The van der Waals surface area contributed by atoms with E-state index >= 15 is 0 Å². The third-order valence-corrected chi connectivity index (χ3v) is 5.36. The molecule has 1 aliphatic rings. The van der Waals surface area contributed by atoms with Crippen LogP contribution in [0.4, 0.5) is 4.79 Å². The number of para-hydroxylation sites is 1. The van der Waals surface area contributed by atoms with Crippen LogP contribution in [-0.4, -0.2) is 35.6 Å². The first-order valence-corrected chi connectivity index (χ1v) is 8.95. The number of ether oxygens (including phenoxy) is 1. The maximum Gasteiger partial charge on any atom is 0.379 e. The largest absolute Gasteiger partial charge is 0.418 e. The van der Waals surface area contributed by atoms with Crippen LogP contribution in [0.3, 0.4) is 0 Å². The number of carbonyl (C=O) groups excluding carboxylic acids is 1. The summed E-state index contributed by atoms with van der Waals surface area (Å²) in [5.41, 5.74) is 0. The van der Waals surface area contributed by atoms with Crippen LogP contribution >= 0.6 is 24.0 Å². The average molecular weight is 331 g/mol. The number of nitrogens with one attached hydrogen (secondary N) is 1. The highest BCUT2D eigenvalue weighted by atomic mass is 32.2. The molecule has 1 fully saturated rings. The Labute approximate surface area is 127 Å². The third kappa shape index (κ3) is 4.77. The van der Waals surface area contributed by atoms with E-state index in [1.165, 1.54) is 0 Å². The van der Waals surface area contributed by atoms with Crippen molar-refractivity contribution < 1.29 is 17.9 Å². The van der Waals surface area contributed by atoms with Crippen molar-refractivity contribution in [3.8, 4) is 5.75 Å². The zero-order chi connectivity index (χ0) is 14.6. The summed E-state index contributed by atoms with van der Waals surface area (Å²) in [6, 6.07) is 8.44. The van der Waals surface area contributed by atoms with Gasteiger partial charge >= 0.3 is 5.30 Å². The molecule has 0 radical (unpaired) electrons. The molecule has 0 aromatic heterocycles. The van der Waals surface area contributed by atoms with Crippen LogP contribution in [0.25, 0.3) is 0 Å². The first-order valence-electron chi connectivity index (χ1n) is 5.90. The fourth-order valence-electron chi connectivity index (χ4n) is 1.79. The molecule has 0 aliphatic carbocycles. The van der Waals surface area contributed by atoms with Gasteiger partial charge in [0.15, 0.2) is 9.84 Å². The van der Waals surface area contributed by atoms with Crippen LogP contribution in [0.2, 0.25) is 0 Å². The second-order valence-electron chi connectivity index (χ2n) is 4.30. The Kier molecular flexibility index (Phi) is 5.00. The van der Waals surface area contributed by atoms with Gasteiger partial charge in [0.1, 0.15) is 10.1 Å². The van der Waals surface area contributed by atoms with E-state index in [1.807, 2.05) is 6.07 Å². The molecule has 1 atom stereocenters. The number of thioether (sulfide) groups is 1. The van der Waals surface area contributed by atoms with E-state index in [4.69, 9.17) is 17.0 Å². The molecule has 1 N–H and O–H groups in total. The molecular weight excluding hydrogens is 318 g/mol. The van der Waals surface area contributed by atoms with Crippen LogP contribution in [-0.2, 0) is 9.84 Å². The Morgan fingerprint density at radius 2 is 2.05 bits per heavy atom. The molecule has 5 nitrogen and oxygen atoms in total. The second-order valence-corrected chi connectivity index (χ2v) is 8.14. The van der Waals surface area contributed by atoms with Gasteiger partial charge in [-0.05, 0) is 18.6 Å². The summed E-state index contributed by atoms with van der Waals surface area (Å²) in [6.45, 7) is 0. The van der Waals surface area contributed by atoms with Crippen LogP contribution in [0, 0.1) is 0 Å². The van der Waals surface area contributed by atoms with Crippen molar-refractivity contribution in [3.63, 3.8) is 0 Å². The van der Waals surface area contributed by atoms with E-state index in [0.29, 0.717) is 12.2 Å². The van der Waals surface area contributed by atoms with Crippen molar-refractivity contribution in [1.29, 1.82) is 0 Å². The van der Waals surface area contributed by atoms with Gasteiger partial charge in [0.05, 0.1) is 11.5 Å². The molecular formula is C12H13NO4S3. The number of benzene rings is 1. The first kappa shape index (κ1) is 15.3. The molecule has 2 rings (SSSR count). The van der Waals surface area contributed by atoms with Gasteiger partial charge < -0.3 is 10.1 Å². The average Bonchev–Trinajstić information content (AvgIpc) is 2.69. The Balaban J connectivity index is 1.79. The van der Waals surface area contributed by atoms with Gasteiger partial charge in [0.2, 0.25) is 0 Å². The van der Waals surface area contributed by atoms with Gasteiger partial charge in [-0.25, -0.2) is 13.2 Å². The van der Waals surface area contributed by atoms with Crippen molar-refractivity contribution >= 4 is 43.4 Å². The van der Waals surface area contributed by atoms with Crippen LogP contribution in [0.15, 0.2) is 30.3 Å². The summed E-state index contributed by atoms with van der Waals surface area (Å²) >= 11 is 5.76. The number of thiocarbonyl (C=S) groups is 1. The highest BCUT2D eigenvalue weighted by Gasteiger charge is 2.28. The second kappa shape index (κ2) is 6.55. The zero-order valence-electron chi connectivity index (χ0n) is 10.4. The quantitative estimate of drug-likeness (QED) is 0.656. The molecule has 0 saturated carbocycles. The third-order valence-electron chi connectivity index (χ3n) is 2.67. The normalized spacial score (nSPS) is 20.3. The summed E-state index contributed by atoms with van der Waals surface area (Å²) in [5, 5.41) is 2.32. The zero-order valence-corrected chi connectivity index (χ0v) is 12.9. The van der Waals surface area contributed by atoms with Crippen molar-refractivity contribution in [2.75, 3.05) is 11.5 Å². The lowest BCUT2D eigenvalue weighted by Crippen LogP contribution is -2.33. The molecule has 0 spiro atoms. The summed E-state index contributed by atoms with van der Waals surface area (Å²) in [6.07, 6.45) is 0.511. The van der Waals surface area contributed by atoms with Crippen LogP contribution < -0.4 is 10.1 Å². The van der Waals surface area contributed by atoms with Gasteiger partial charge in [0.25, 0.3) is 0 Å². The molecule has 8 heteroatoms. The lowest BCUT2D eigenvalue weighted by molar-refractivity contribution is 0.227. The van der Waals surface area contributed by atoms with Crippen molar-refractivity contribution in [2.45, 2.75) is 12.5 Å². The SMILES string of the molecule is O=C(Oc1ccccc1)SC(=S)NC1CCS(=O)(=O)C1. The number of hydrogen-bond donors (Lipinski definition) is 1. The summed E-state index contributed by atoms with van der Waals surface area (Å²) in [5.74, 6) is 0.657. The van der Waals surface area contributed by atoms with Gasteiger partial charge in [-0.3, -0.25) is 0 Å². The molecule has 1 aromatic carbocycles. The van der Waals surface area contributed by atoms with Crippen LogP contribution in [0.1, 0.15) is 6.42 Å². The van der Waals surface area contributed by atoms with Gasteiger partial charge in [-0.15, -0.1) is 0 Å². The van der Waals surface area contributed by atoms with E-state index in [9.17, 15) is 13.2 Å². The lowest BCUT2D eigenvalue weighted by atomic mass is 10.3. The first-order chi connectivity index (χ1) is 9.44. The number of sulfone groups is 1. The maximum atomic E-state index is 11.6. The Morgan fingerprint density at radius 1 is 1.35 bits per heavy atom. The lowest BCUT2D eigenvalue weighted by Gasteiger charge is -2.11. The molecule has 0 amide bonds. The van der Waals surface area contributed by atoms with E-state index < -0.39 is 15.1 Å². The predicted molar refractivity (Wildman–Crippen MR) is 82.8 cm³/mol. The van der Waals surface area contributed by atoms with Gasteiger partial charge in [-0.2, -0.15) is 0 Å². The topological polar surface area (TPSA) is 72.5 Å². The standard InChI is InChI=1S/C12H13NO4S3/c14-12(17-10-4-2-1-3-5-10)19-11(18)13-9-6-7-20(15,16)8-9/h1-5,9H,6-8H2,(H,13,18). The van der Waals surface area contributed by atoms with Crippen molar-refractivity contribution in [3.05, 3.63) is 30.3 Å². The number of rotatable bonds is 2. The van der Waals surface area contributed by atoms with Crippen molar-refractivity contribution in [2.24, 2.45) is 0 Å². The molecule has 1 aliphatic heterocycles. The summed E-state index contributed by atoms with van der Waals surface area (Å²) in [4.78, 5) is 11.6. The van der Waals surface area contributed by atoms with E-state index in [0.717, 1.165) is 11.8 Å². The highest BCUT2D eigenvalue weighted by Crippen LogP contribution is 2.17. The fourth-order valence-corrected chi connectivity index (χ4v) is 4.35. The predicted octanol–water partition coefficient (Wildman–Crippen LogP) is 1.98. The number of carbonyl (C=O) groups is 1. The molecule has 1 heterocycles. The van der Waals surface area contributed by atoms with E-state index in [-0.39, 0.29) is 21.9 Å². The Hall–Kier alpha value is -1.12. The van der Waals surface area contributed by atoms with Gasteiger partial charge in [-0.1, -0.05) is 30.4 Å². The van der Waals surface area contributed by atoms with E-state index in [2.05, 4.69) is 5.32 Å². The molecule has 108 valence electrons. The van der Waals surface area contributed by atoms with Gasteiger partial charge in [0, 0.05) is 17.8 Å². The summed E-state index contributed by atoms with van der Waals surface area (Å²) in [7, 11) is -2.97. The molecule has 1 aromatic rings. The Bertz CT molecular complexity index is 600. The molecule has 20 heavy (non-hydrogen) atoms. The minimum absolute atomic E-state index is 0.0570. The maximum absolute atomic E-state index is 11.6. The minimum atomic E-state index is -2.97. The monoisotopic (exact) mass is 331 g/mol. The van der Waals surface area contributed by atoms with Crippen molar-refractivity contribution in [1.82, 2.24) is 5.32 Å². The molecule has 1 saturated heterocycles.